The first-order chi connectivity index (χ1) is 15.2. The predicted molar refractivity (Wildman–Crippen MR) is 116 cm³/mol. The van der Waals surface area contributed by atoms with Gasteiger partial charge in [-0.2, -0.15) is 5.10 Å². The van der Waals surface area contributed by atoms with Crippen LogP contribution in [0.4, 0.5) is 5.69 Å². The number of anilines is 1. The molecule has 1 amide bonds. The van der Waals surface area contributed by atoms with Crippen molar-refractivity contribution in [2.24, 2.45) is 0 Å². The monoisotopic (exact) mass is 415 g/mol. The molecule has 0 spiro atoms. The molecule has 1 fully saturated rings. The van der Waals surface area contributed by atoms with Crippen molar-refractivity contribution in [3.05, 3.63) is 64.6 Å². The second-order valence-corrected chi connectivity index (χ2v) is 7.64. The minimum absolute atomic E-state index is 0.192. The minimum Gasteiger partial charge on any atom is -0.321 e. The van der Waals surface area contributed by atoms with Crippen LogP contribution in [0.25, 0.3) is 22.2 Å². The molecule has 0 radical (unpaired) electrons. The third-order valence-corrected chi connectivity index (χ3v) is 5.28. The van der Waals surface area contributed by atoms with E-state index in [4.69, 9.17) is 0 Å². The largest absolute Gasteiger partial charge is 0.321 e. The van der Waals surface area contributed by atoms with Crippen molar-refractivity contribution in [2.75, 3.05) is 5.32 Å². The molecule has 31 heavy (non-hydrogen) atoms. The molecule has 0 saturated heterocycles. The van der Waals surface area contributed by atoms with Crippen LogP contribution >= 0.6 is 0 Å². The Morgan fingerprint density at radius 1 is 1.13 bits per heavy atom. The van der Waals surface area contributed by atoms with Gasteiger partial charge in [0.1, 0.15) is 0 Å². The number of hydrogen-bond donors (Lipinski definition) is 1. The molecular weight excluding hydrogens is 394 g/mol. The van der Waals surface area contributed by atoms with Crippen molar-refractivity contribution < 1.29 is 4.79 Å². The molecule has 1 aliphatic rings. The number of carbonyl (C=O) groups is 1. The lowest BCUT2D eigenvalue weighted by Crippen LogP contribution is -2.27. The maximum Gasteiger partial charge on any atom is 0.276 e. The molecule has 9 nitrogen and oxygen atoms in total. The first-order valence-electron chi connectivity index (χ1n) is 10.3. The number of carbonyl (C=O) groups excluding carboxylic acids is 1. The molecule has 0 bridgehead atoms. The average Bonchev–Trinajstić information content (AvgIpc) is 3.52. The van der Waals surface area contributed by atoms with E-state index < -0.39 is 0 Å². The van der Waals surface area contributed by atoms with E-state index in [1.807, 2.05) is 29.8 Å². The van der Waals surface area contributed by atoms with Gasteiger partial charge in [0.15, 0.2) is 11.5 Å². The van der Waals surface area contributed by atoms with Gasteiger partial charge in [-0.15, -0.1) is 5.10 Å². The van der Waals surface area contributed by atoms with E-state index in [-0.39, 0.29) is 17.2 Å². The normalized spacial score (nSPS) is 13.5. The Balaban J connectivity index is 1.50. The summed E-state index contributed by atoms with van der Waals surface area (Å²) in [6.45, 7) is 2.41. The van der Waals surface area contributed by atoms with Gasteiger partial charge >= 0.3 is 0 Å². The summed E-state index contributed by atoms with van der Waals surface area (Å²) in [7, 11) is 0. The lowest BCUT2D eigenvalue weighted by molar-refractivity contribution is 0.102. The second kappa shape index (κ2) is 7.75. The number of nitrogens with zero attached hydrogens (tertiary/aromatic N) is 6. The van der Waals surface area contributed by atoms with Crippen LogP contribution < -0.4 is 10.9 Å². The molecule has 1 aliphatic carbocycles. The molecule has 156 valence electrons. The zero-order chi connectivity index (χ0) is 21.4. The van der Waals surface area contributed by atoms with Crippen LogP contribution in [0.1, 0.15) is 42.7 Å². The molecule has 0 aliphatic heterocycles. The molecule has 0 atom stereocenters. The summed E-state index contributed by atoms with van der Waals surface area (Å²) < 4.78 is 3.19. The Bertz CT molecular complexity index is 1340. The van der Waals surface area contributed by atoms with Gasteiger partial charge in [0.25, 0.3) is 11.5 Å². The van der Waals surface area contributed by atoms with Crippen LogP contribution in [0.3, 0.4) is 0 Å². The molecule has 2 aromatic heterocycles. The van der Waals surface area contributed by atoms with Gasteiger partial charge in [-0.25, -0.2) is 9.36 Å². The average molecular weight is 415 g/mol. The fourth-order valence-corrected chi connectivity index (χ4v) is 3.64. The highest BCUT2D eigenvalue weighted by Gasteiger charge is 2.28. The zero-order valence-corrected chi connectivity index (χ0v) is 17.0. The summed E-state index contributed by atoms with van der Waals surface area (Å²) >= 11 is 0. The number of tetrazole rings is 1. The maximum absolute atomic E-state index is 13.1. The van der Waals surface area contributed by atoms with E-state index in [0.29, 0.717) is 34.9 Å². The fraction of sp³-hybridized carbons (Fsp3) is 0.273. The fourth-order valence-electron chi connectivity index (χ4n) is 3.64. The number of fused-ring (bicyclic) bond motifs is 1. The summed E-state index contributed by atoms with van der Waals surface area (Å²) in [6, 6.07) is 14.8. The van der Waals surface area contributed by atoms with E-state index in [0.717, 1.165) is 24.8 Å². The number of rotatable bonds is 6. The first-order valence-corrected chi connectivity index (χ1v) is 10.3. The summed E-state index contributed by atoms with van der Waals surface area (Å²) in [4.78, 5) is 25.8. The SMILES string of the molecule is CCCn1nc(C(=O)Nc2cccc(-c3nnnn3C3CC3)c2)c2ccccc2c1=O. The second-order valence-electron chi connectivity index (χ2n) is 7.64. The summed E-state index contributed by atoms with van der Waals surface area (Å²) in [6.07, 6.45) is 2.88. The number of nitrogens with one attached hydrogen (secondary N) is 1. The number of amides is 1. The zero-order valence-electron chi connectivity index (χ0n) is 17.0. The number of aromatic nitrogens is 6. The van der Waals surface area contributed by atoms with Gasteiger partial charge in [0, 0.05) is 23.2 Å². The molecule has 5 rings (SSSR count). The Morgan fingerprint density at radius 3 is 2.71 bits per heavy atom. The van der Waals surface area contributed by atoms with Crippen molar-refractivity contribution in [1.82, 2.24) is 30.0 Å². The minimum atomic E-state index is -0.375. The Kier molecular flexibility index (Phi) is 4.78. The van der Waals surface area contributed by atoms with Gasteiger partial charge in [-0.1, -0.05) is 37.3 Å². The van der Waals surface area contributed by atoms with Crippen molar-refractivity contribution in [1.29, 1.82) is 0 Å². The van der Waals surface area contributed by atoms with Gasteiger partial charge in [0.05, 0.1) is 11.4 Å². The van der Waals surface area contributed by atoms with Crippen LogP contribution in [0.5, 0.6) is 0 Å². The maximum atomic E-state index is 13.1. The van der Waals surface area contributed by atoms with Crippen molar-refractivity contribution in [3.63, 3.8) is 0 Å². The molecule has 2 heterocycles. The van der Waals surface area contributed by atoms with Gasteiger partial charge < -0.3 is 5.32 Å². The third-order valence-electron chi connectivity index (χ3n) is 5.28. The summed E-state index contributed by atoms with van der Waals surface area (Å²) in [5, 5.41) is 20.3. The first kappa shape index (κ1) is 19.1. The smallest absolute Gasteiger partial charge is 0.276 e. The molecule has 4 aromatic rings. The van der Waals surface area contributed by atoms with E-state index in [1.165, 1.54) is 4.68 Å². The highest BCUT2D eigenvalue weighted by Crippen LogP contribution is 2.36. The Hall–Kier alpha value is -3.88. The Labute approximate surface area is 177 Å². The van der Waals surface area contributed by atoms with Gasteiger partial charge in [0.2, 0.25) is 0 Å². The van der Waals surface area contributed by atoms with E-state index in [9.17, 15) is 9.59 Å². The third kappa shape index (κ3) is 3.58. The molecular formula is C22H21N7O2. The van der Waals surface area contributed by atoms with Crippen LogP contribution in [-0.4, -0.2) is 35.9 Å². The van der Waals surface area contributed by atoms with E-state index in [1.54, 1.807) is 30.3 Å². The molecule has 2 aromatic carbocycles. The number of hydrogen-bond acceptors (Lipinski definition) is 6. The molecule has 9 heteroatoms. The summed E-state index contributed by atoms with van der Waals surface area (Å²) in [5.41, 5.74) is 1.45. The van der Waals surface area contributed by atoms with Gasteiger partial charge in [-0.3, -0.25) is 9.59 Å². The highest BCUT2D eigenvalue weighted by molar-refractivity contribution is 6.11. The highest BCUT2D eigenvalue weighted by atomic mass is 16.2. The predicted octanol–water partition coefficient (Wildman–Crippen LogP) is 3.05. The summed E-state index contributed by atoms with van der Waals surface area (Å²) in [5.74, 6) is 0.304. The van der Waals surface area contributed by atoms with Crippen LogP contribution in [0.15, 0.2) is 53.3 Å². The lowest BCUT2D eigenvalue weighted by Gasteiger charge is -2.11. The number of aryl methyl sites for hydroxylation is 1. The van der Waals surface area contributed by atoms with Crippen LogP contribution in [0.2, 0.25) is 0 Å². The van der Waals surface area contributed by atoms with Crippen molar-refractivity contribution >= 4 is 22.4 Å². The van der Waals surface area contributed by atoms with Crippen LogP contribution in [-0.2, 0) is 6.54 Å². The standard InChI is InChI=1S/C22H21N7O2/c1-2-12-28-22(31)18-9-4-3-8-17(18)19(25-28)21(30)23-15-7-5-6-14(13-15)20-24-26-27-29(20)16-10-11-16/h3-9,13,16H,2,10-12H2,1H3,(H,23,30). The topological polar surface area (TPSA) is 108 Å². The Morgan fingerprint density at radius 2 is 1.94 bits per heavy atom. The molecule has 1 saturated carbocycles. The van der Waals surface area contributed by atoms with Crippen molar-refractivity contribution in [3.8, 4) is 11.4 Å². The van der Waals surface area contributed by atoms with E-state index in [2.05, 4.69) is 25.9 Å². The molecule has 0 unspecified atom stereocenters. The van der Waals surface area contributed by atoms with Crippen molar-refractivity contribution in [2.45, 2.75) is 38.8 Å². The van der Waals surface area contributed by atoms with E-state index >= 15 is 0 Å². The number of benzene rings is 2. The quantitative estimate of drug-likeness (QED) is 0.519. The lowest BCUT2D eigenvalue weighted by atomic mass is 10.1. The van der Waals surface area contributed by atoms with Gasteiger partial charge in [-0.05, 0) is 47.9 Å². The molecule has 1 N–H and O–H groups in total. The van der Waals surface area contributed by atoms with Crippen LogP contribution in [0, 0.1) is 0 Å².